The Morgan fingerprint density at radius 3 is 2.59 bits per heavy atom. The van der Waals surface area contributed by atoms with E-state index in [2.05, 4.69) is 31.3 Å². The van der Waals surface area contributed by atoms with Gasteiger partial charge in [-0.1, -0.05) is 13.8 Å². The first-order valence-electron chi connectivity index (χ1n) is 9.09. The second-order valence-corrected chi connectivity index (χ2v) is 9.28. The molecule has 0 unspecified atom stereocenters. The second kappa shape index (κ2) is 8.21. The van der Waals surface area contributed by atoms with Gasteiger partial charge in [0.2, 0.25) is 10.0 Å². The summed E-state index contributed by atoms with van der Waals surface area (Å²) < 4.78 is 29.1. The van der Waals surface area contributed by atoms with Crippen molar-refractivity contribution in [3.05, 3.63) is 46.2 Å². The van der Waals surface area contributed by atoms with E-state index in [9.17, 15) is 13.2 Å². The summed E-state index contributed by atoms with van der Waals surface area (Å²) in [5, 5.41) is 7.94. The minimum Gasteiger partial charge on any atom is -0.321 e. The fourth-order valence-corrected chi connectivity index (χ4v) is 5.04. The molecule has 2 heterocycles. The number of hydrogen-bond donors (Lipinski definition) is 1. The first-order chi connectivity index (χ1) is 13.7. The number of sulfonamides is 1. The average Bonchev–Trinajstić information content (AvgIpc) is 2.96. The minimum absolute atomic E-state index is 0.0752. The molecule has 1 aromatic carbocycles. The van der Waals surface area contributed by atoms with Crippen molar-refractivity contribution in [1.29, 1.82) is 0 Å². The zero-order valence-electron chi connectivity index (χ0n) is 16.6. The maximum atomic E-state index is 12.9. The number of hydrogen-bond acceptors (Lipinski definition) is 5. The summed E-state index contributed by atoms with van der Waals surface area (Å²) >= 11 is 3.34. The molecule has 0 fully saturated rings. The van der Waals surface area contributed by atoms with Crippen LogP contribution in [-0.2, 0) is 17.1 Å². The molecular weight excluding hydrogens is 458 g/mol. The van der Waals surface area contributed by atoms with Crippen molar-refractivity contribution in [3.63, 3.8) is 0 Å². The number of carbonyl (C=O) groups excluding carboxylic acids is 1. The number of amides is 1. The molecule has 0 aliphatic heterocycles. The number of anilines is 1. The lowest BCUT2D eigenvalue weighted by Gasteiger charge is -2.19. The lowest BCUT2D eigenvalue weighted by Crippen LogP contribution is -2.30. The Hall–Kier alpha value is -2.30. The fourth-order valence-electron chi connectivity index (χ4n) is 3.13. The molecule has 0 spiro atoms. The maximum absolute atomic E-state index is 12.9. The van der Waals surface area contributed by atoms with Gasteiger partial charge in [-0.2, -0.15) is 9.40 Å². The van der Waals surface area contributed by atoms with E-state index in [0.29, 0.717) is 28.9 Å². The zero-order chi connectivity index (χ0) is 21.3. The van der Waals surface area contributed by atoms with Crippen LogP contribution in [0.2, 0.25) is 0 Å². The van der Waals surface area contributed by atoms with Crippen LogP contribution < -0.4 is 5.32 Å². The van der Waals surface area contributed by atoms with Gasteiger partial charge in [0.1, 0.15) is 0 Å². The number of aromatic nitrogens is 3. The van der Waals surface area contributed by atoms with Crippen LogP contribution in [0, 0.1) is 6.92 Å². The van der Waals surface area contributed by atoms with E-state index in [0.717, 1.165) is 11.1 Å². The fraction of sp³-hybridized carbons (Fsp3) is 0.316. The lowest BCUT2D eigenvalue weighted by atomic mass is 10.2. The molecule has 1 amide bonds. The highest BCUT2D eigenvalue weighted by molar-refractivity contribution is 9.10. The maximum Gasteiger partial charge on any atom is 0.256 e. The predicted octanol–water partition coefficient (Wildman–Crippen LogP) is 3.32. The number of nitrogens with zero attached hydrogens (tertiary/aromatic N) is 4. The molecule has 29 heavy (non-hydrogen) atoms. The van der Waals surface area contributed by atoms with Crippen molar-refractivity contribution in [1.82, 2.24) is 19.1 Å². The highest BCUT2D eigenvalue weighted by Gasteiger charge is 2.24. The zero-order valence-corrected chi connectivity index (χ0v) is 19.0. The van der Waals surface area contributed by atoms with Crippen LogP contribution in [0.4, 0.5) is 5.69 Å². The van der Waals surface area contributed by atoms with Crippen molar-refractivity contribution in [3.8, 4) is 0 Å². The molecule has 0 atom stereocenters. The van der Waals surface area contributed by atoms with Gasteiger partial charge in [0.15, 0.2) is 5.65 Å². The Bertz CT molecular complexity index is 1190. The van der Waals surface area contributed by atoms with E-state index in [-0.39, 0.29) is 10.5 Å². The van der Waals surface area contributed by atoms with Crippen LogP contribution in [0.3, 0.4) is 0 Å². The van der Waals surface area contributed by atoms with Crippen molar-refractivity contribution in [2.75, 3.05) is 18.4 Å². The molecule has 0 saturated heterocycles. The molecule has 154 valence electrons. The number of rotatable bonds is 6. The van der Waals surface area contributed by atoms with Crippen molar-refractivity contribution in [2.45, 2.75) is 25.7 Å². The van der Waals surface area contributed by atoms with Gasteiger partial charge in [-0.15, -0.1) is 0 Å². The number of aryl methyl sites for hydroxylation is 2. The number of halogens is 1. The van der Waals surface area contributed by atoms with E-state index in [1.807, 2.05) is 6.92 Å². The number of fused-ring (bicyclic) bond motifs is 1. The van der Waals surface area contributed by atoms with Crippen molar-refractivity contribution < 1.29 is 13.2 Å². The van der Waals surface area contributed by atoms with E-state index >= 15 is 0 Å². The van der Waals surface area contributed by atoms with Gasteiger partial charge in [0, 0.05) is 30.0 Å². The molecule has 0 radical (unpaired) electrons. The van der Waals surface area contributed by atoms with Crippen LogP contribution in [0.15, 0.2) is 39.8 Å². The smallest absolute Gasteiger partial charge is 0.256 e. The van der Waals surface area contributed by atoms with E-state index < -0.39 is 15.9 Å². The summed E-state index contributed by atoms with van der Waals surface area (Å²) in [5.74, 6) is -0.434. The summed E-state index contributed by atoms with van der Waals surface area (Å²) in [5.41, 5.74) is 2.25. The molecule has 8 nitrogen and oxygen atoms in total. The predicted molar refractivity (Wildman–Crippen MR) is 115 cm³/mol. The molecule has 1 N–H and O–H groups in total. The summed E-state index contributed by atoms with van der Waals surface area (Å²) in [4.78, 5) is 17.3. The minimum atomic E-state index is -3.67. The Kier molecular flexibility index (Phi) is 6.06. The summed E-state index contributed by atoms with van der Waals surface area (Å²) in [7, 11) is -1.86. The van der Waals surface area contributed by atoms with Gasteiger partial charge < -0.3 is 5.32 Å². The molecule has 3 rings (SSSR count). The molecular formula is C19H22BrN5O3S. The summed E-state index contributed by atoms with van der Waals surface area (Å²) in [6, 6.07) is 6.24. The Balaban J connectivity index is 1.94. The largest absolute Gasteiger partial charge is 0.321 e. The number of benzene rings is 1. The van der Waals surface area contributed by atoms with Crippen LogP contribution in [0.1, 0.15) is 29.9 Å². The van der Waals surface area contributed by atoms with Gasteiger partial charge >= 0.3 is 0 Å². The van der Waals surface area contributed by atoms with Gasteiger partial charge in [-0.3, -0.25) is 9.48 Å². The van der Waals surface area contributed by atoms with Gasteiger partial charge in [-0.05, 0) is 47.1 Å². The Morgan fingerprint density at radius 2 is 1.93 bits per heavy atom. The average molecular weight is 480 g/mol. The summed E-state index contributed by atoms with van der Waals surface area (Å²) in [6.07, 6.45) is 1.55. The van der Waals surface area contributed by atoms with E-state index in [4.69, 9.17) is 0 Å². The first kappa shape index (κ1) is 21.4. The number of carbonyl (C=O) groups is 1. The van der Waals surface area contributed by atoms with Gasteiger partial charge in [0.05, 0.1) is 28.0 Å². The molecule has 2 aromatic heterocycles. The normalized spacial score (nSPS) is 11.9. The Morgan fingerprint density at radius 1 is 1.24 bits per heavy atom. The topological polar surface area (TPSA) is 97.2 Å². The van der Waals surface area contributed by atoms with Crippen molar-refractivity contribution >= 4 is 48.6 Å². The van der Waals surface area contributed by atoms with Crippen LogP contribution in [0.25, 0.3) is 11.0 Å². The van der Waals surface area contributed by atoms with Crippen LogP contribution in [0.5, 0.6) is 0 Å². The first-order valence-corrected chi connectivity index (χ1v) is 11.3. The summed E-state index contributed by atoms with van der Waals surface area (Å²) in [6.45, 7) is 6.13. The highest BCUT2D eigenvalue weighted by atomic mass is 79.9. The molecule has 0 aliphatic carbocycles. The quantitative estimate of drug-likeness (QED) is 0.584. The van der Waals surface area contributed by atoms with E-state index in [1.165, 1.54) is 16.4 Å². The second-order valence-electron chi connectivity index (χ2n) is 6.49. The van der Waals surface area contributed by atoms with E-state index in [1.54, 1.807) is 43.9 Å². The molecule has 0 saturated carbocycles. The number of pyridine rings is 1. The molecule has 3 aromatic rings. The molecule has 10 heteroatoms. The van der Waals surface area contributed by atoms with Gasteiger partial charge in [-0.25, -0.2) is 13.4 Å². The highest BCUT2D eigenvalue weighted by Crippen LogP contribution is 2.25. The molecule has 0 bridgehead atoms. The van der Waals surface area contributed by atoms with Crippen LogP contribution >= 0.6 is 15.9 Å². The van der Waals surface area contributed by atoms with Gasteiger partial charge in [0.25, 0.3) is 5.91 Å². The standard InChI is InChI=1S/C19H22BrN5O3S/c1-5-25(6-2)29(27,28)14-7-8-17(20)16(10-14)19(26)22-13-9-15-12(3)23-24(4)18(15)21-11-13/h7-11H,5-6H2,1-4H3,(H,22,26). The monoisotopic (exact) mass is 479 g/mol. The number of nitrogens with one attached hydrogen (secondary N) is 1. The SMILES string of the molecule is CCN(CC)S(=O)(=O)c1ccc(Br)c(C(=O)Nc2cnc3c(c2)c(C)nn3C)c1. The lowest BCUT2D eigenvalue weighted by molar-refractivity contribution is 0.102. The Labute approximate surface area is 178 Å². The van der Waals surface area contributed by atoms with Crippen LogP contribution in [-0.4, -0.2) is 46.5 Å². The van der Waals surface area contributed by atoms with Crippen molar-refractivity contribution in [2.24, 2.45) is 7.05 Å². The molecule has 0 aliphatic rings. The third-order valence-corrected chi connectivity index (χ3v) is 7.38. The third-order valence-electron chi connectivity index (χ3n) is 4.65. The third kappa shape index (κ3) is 4.05.